The molecule has 0 saturated heterocycles. The third-order valence-corrected chi connectivity index (χ3v) is 5.68. The van der Waals surface area contributed by atoms with E-state index in [0.717, 1.165) is 25.7 Å². The summed E-state index contributed by atoms with van der Waals surface area (Å²) in [5.41, 5.74) is 0.463. The van der Waals surface area contributed by atoms with Crippen molar-refractivity contribution in [1.29, 1.82) is 0 Å². The fourth-order valence-corrected chi connectivity index (χ4v) is 4.27. The summed E-state index contributed by atoms with van der Waals surface area (Å²) in [4.78, 5) is 4.32. The second-order valence-electron chi connectivity index (χ2n) is 5.97. The van der Waals surface area contributed by atoms with Crippen molar-refractivity contribution in [2.45, 2.75) is 50.0 Å². The Morgan fingerprint density at radius 3 is 2.62 bits per heavy atom. The molecule has 7 nitrogen and oxygen atoms in total. The van der Waals surface area contributed by atoms with E-state index in [4.69, 9.17) is 9.26 Å². The quantitative estimate of drug-likeness (QED) is 0.890. The average Bonchev–Trinajstić information content (AvgIpc) is 3.01. The van der Waals surface area contributed by atoms with E-state index in [-0.39, 0.29) is 16.8 Å². The van der Waals surface area contributed by atoms with Crippen molar-refractivity contribution in [2.75, 3.05) is 7.11 Å². The second kappa shape index (κ2) is 6.90. The molecule has 1 aromatic heterocycles. The van der Waals surface area contributed by atoms with Gasteiger partial charge in [-0.3, -0.25) is 0 Å². The first-order valence-electron chi connectivity index (χ1n) is 8.00. The molecule has 0 spiro atoms. The molecule has 1 fully saturated rings. The predicted molar refractivity (Wildman–Crippen MR) is 88.2 cm³/mol. The number of benzene rings is 1. The first-order chi connectivity index (χ1) is 11.5. The molecule has 1 aliphatic rings. The Bertz CT molecular complexity index is 810. The Labute approximate surface area is 141 Å². The average molecular weight is 351 g/mol. The highest BCUT2D eigenvalue weighted by atomic mass is 32.2. The van der Waals surface area contributed by atoms with Gasteiger partial charge in [-0.1, -0.05) is 24.4 Å². The van der Waals surface area contributed by atoms with E-state index in [9.17, 15) is 8.42 Å². The Balaban J connectivity index is 1.93. The number of sulfonamides is 1. The molecule has 8 heteroatoms. The van der Waals surface area contributed by atoms with Crippen molar-refractivity contribution in [3.63, 3.8) is 0 Å². The van der Waals surface area contributed by atoms with Gasteiger partial charge < -0.3 is 9.26 Å². The number of ether oxygens (including phenoxy) is 1. The minimum atomic E-state index is -3.60. The van der Waals surface area contributed by atoms with Gasteiger partial charge in [0.25, 0.3) is 5.89 Å². The van der Waals surface area contributed by atoms with E-state index in [1.54, 1.807) is 13.0 Å². The molecule has 0 radical (unpaired) electrons. The van der Waals surface area contributed by atoms with Crippen LogP contribution in [0.15, 0.2) is 27.6 Å². The van der Waals surface area contributed by atoms with Gasteiger partial charge in [-0.05, 0) is 38.0 Å². The van der Waals surface area contributed by atoms with Gasteiger partial charge in [-0.25, -0.2) is 13.1 Å². The lowest BCUT2D eigenvalue weighted by atomic mass is 9.96. The number of nitrogens with one attached hydrogen (secondary N) is 1. The van der Waals surface area contributed by atoms with E-state index in [1.165, 1.54) is 25.7 Å². The number of nitrogens with zero attached hydrogens (tertiary/aromatic N) is 2. The molecule has 1 N–H and O–H groups in total. The molecule has 0 aliphatic heterocycles. The molecule has 0 atom stereocenters. The third kappa shape index (κ3) is 3.59. The number of hydrogen-bond acceptors (Lipinski definition) is 6. The highest BCUT2D eigenvalue weighted by molar-refractivity contribution is 7.89. The molecule has 1 heterocycles. The van der Waals surface area contributed by atoms with Crippen LogP contribution in [0.4, 0.5) is 0 Å². The Kier molecular flexibility index (Phi) is 4.86. The van der Waals surface area contributed by atoms with Crippen molar-refractivity contribution in [1.82, 2.24) is 14.9 Å². The zero-order chi connectivity index (χ0) is 17.2. The van der Waals surface area contributed by atoms with Gasteiger partial charge >= 0.3 is 0 Å². The lowest BCUT2D eigenvalue weighted by Crippen LogP contribution is -2.36. The summed E-state index contributed by atoms with van der Waals surface area (Å²) >= 11 is 0. The first-order valence-corrected chi connectivity index (χ1v) is 9.49. The fraction of sp³-hybridized carbons (Fsp3) is 0.500. The number of methoxy groups -OCH3 is 1. The zero-order valence-electron chi connectivity index (χ0n) is 13.8. The van der Waals surface area contributed by atoms with Crippen molar-refractivity contribution in [3.8, 4) is 17.2 Å². The van der Waals surface area contributed by atoms with Gasteiger partial charge in [0.2, 0.25) is 10.0 Å². The standard InChI is InChI=1S/C16H21N3O4S/c1-11-17-16(23-18-11)14-10-13(8-9-15(14)22-2)24(20,21)19-12-6-4-3-5-7-12/h8-10,12,19H,3-7H2,1-2H3. The molecule has 1 aromatic carbocycles. The number of aryl methyl sites for hydroxylation is 1. The lowest BCUT2D eigenvalue weighted by Gasteiger charge is -2.22. The maximum Gasteiger partial charge on any atom is 0.261 e. The van der Waals surface area contributed by atoms with Gasteiger partial charge in [0.05, 0.1) is 17.6 Å². The molecule has 130 valence electrons. The van der Waals surface area contributed by atoms with Crippen molar-refractivity contribution in [3.05, 3.63) is 24.0 Å². The van der Waals surface area contributed by atoms with E-state index in [0.29, 0.717) is 17.1 Å². The summed E-state index contributed by atoms with van der Waals surface area (Å²) in [7, 11) is -2.09. The van der Waals surface area contributed by atoms with E-state index < -0.39 is 10.0 Å². The molecule has 2 aromatic rings. The van der Waals surface area contributed by atoms with E-state index in [1.807, 2.05) is 0 Å². The number of aromatic nitrogens is 2. The van der Waals surface area contributed by atoms with Crippen LogP contribution < -0.4 is 9.46 Å². The molecular formula is C16H21N3O4S. The first kappa shape index (κ1) is 16.9. The summed E-state index contributed by atoms with van der Waals surface area (Å²) in [5.74, 6) is 1.19. The van der Waals surface area contributed by atoms with Crippen LogP contribution in [0.1, 0.15) is 37.9 Å². The SMILES string of the molecule is COc1ccc(S(=O)(=O)NC2CCCCC2)cc1-c1nc(C)no1. The summed E-state index contributed by atoms with van der Waals surface area (Å²) in [6, 6.07) is 4.64. The monoisotopic (exact) mass is 351 g/mol. The van der Waals surface area contributed by atoms with Crippen molar-refractivity contribution >= 4 is 10.0 Å². The van der Waals surface area contributed by atoms with Crippen LogP contribution in [0.25, 0.3) is 11.5 Å². The maximum atomic E-state index is 12.7. The van der Waals surface area contributed by atoms with Crippen molar-refractivity contribution in [2.24, 2.45) is 0 Å². The van der Waals surface area contributed by atoms with Crippen LogP contribution >= 0.6 is 0 Å². The number of rotatable bonds is 5. The molecule has 0 unspecified atom stereocenters. The maximum absolute atomic E-state index is 12.7. The fourth-order valence-electron chi connectivity index (χ4n) is 2.94. The zero-order valence-corrected chi connectivity index (χ0v) is 14.6. The molecular weight excluding hydrogens is 330 g/mol. The smallest absolute Gasteiger partial charge is 0.261 e. The normalized spacial score (nSPS) is 16.2. The van der Waals surface area contributed by atoms with Crippen LogP contribution in [-0.2, 0) is 10.0 Å². The van der Waals surface area contributed by atoms with Gasteiger partial charge in [0.15, 0.2) is 5.82 Å². The molecule has 1 aliphatic carbocycles. The van der Waals surface area contributed by atoms with Crippen LogP contribution in [0.2, 0.25) is 0 Å². The van der Waals surface area contributed by atoms with Crippen LogP contribution in [0.3, 0.4) is 0 Å². The summed E-state index contributed by atoms with van der Waals surface area (Å²) < 4.78 is 38.6. The van der Waals surface area contributed by atoms with Gasteiger partial charge in [0, 0.05) is 6.04 Å². The van der Waals surface area contributed by atoms with E-state index in [2.05, 4.69) is 14.9 Å². The molecule has 0 amide bonds. The third-order valence-electron chi connectivity index (χ3n) is 4.17. The minimum Gasteiger partial charge on any atom is -0.496 e. The molecule has 24 heavy (non-hydrogen) atoms. The Morgan fingerprint density at radius 1 is 1.25 bits per heavy atom. The van der Waals surface area contributed by atoms with Gasteiger partial charge in [0.1, 0.15) is 5.75 Å². The molecule has 0 bridgehead atoms. The topological polar surface area (TPSA) is 94.3 Å². The van der Waals surface area contributed by atoms with Gasteiger partial charge in [-0.2, -0.15) is 4.98 Å². The Hall–Kier alpha value is -1.93. The minimum absolute atomic E-state index is 0.0000458. The predicted octanol–water partition coefficient (Wildman–Crippen LogP) is 2.66. The van der Waals surface area contributed by atoms with Gasteiger partial charge in [-0.15, -0.1) is 0 Å². The second-order valence-corrected chi connectivity index (χ2v) is 7.68. The Morgan fingerprint density at radius 2 is 2.00 bits per heavy atom. The summed E-state index contributed by atoms with van der Waals surface area (Å²) in [6.45, 7) is 1.70. The van der Waals surface area contributed by atoms with Crippen LogP contribution in [-0.4, -0.2) is 31.7 Å². The highest BCUT2D eigenvalue weighted by Gasteiger charge is 2.24. The van der Waals surface area contributed by atoms with Crippen LogP contribution in [0, 0.1) is 6.92 Å². The number of hydrogen-bond donors (Lipinski definition) is 1. The van der Waals surface area contributed by atoms with Crippen LogP contribution in [0.5, 0.6) is 5.75 Å². The van der Waals surface area contributed by atoms with Crippen molar-refractivity contribution < 1.29 is 17.7 Å². The highest BCUT2D eigenvalue weighted by Crippen LogP contribution is 2.31. The van der Waals surface area contributed by atoms with E-state index >= 15 is 0 Å². The molecule has 1 saturated carbocycles. The summed E-state index contributed by atoms with van der Waals surface area (Å²) in [6.07, 6.45) is 5.04. The summed E-state index contributed by atoms with van der Waals surface area (Å²) in [5, 5.41) is 3.75. The molecule has 3 rings (SSSR count). The lowest BCUT2D eigenvalue weighted by molar-refractivity contribution is 0.403. The largest absolute Gasteiger partial charge is 0.496 e.